The van der Waals surface area contributed by atoms with Gasteiger partial charge < -0.3 is 20.1 Å². The van der Waals surface area contributed by atoms with Crippen LogP contribution in [0, 0.1) is 0 Å². The zero-order valence-electron chi connectivity index (χ0n) is 18.1. The number of hydrogen-bond donors (Lipinski definition) is 2. The van der Waals surface area contributed by atoms with Crippen molar-refractivity contribution in [1.82, 2.24) is 14.5 Å². The molecule has 0 aromatic heterocycles. The van der Waals surface area contributed by atoms with Gasteiger partial charge in [-0.3, -0.25) is 4.79 Å². The summed E-state index contributed by atoms with van der Waals surface area (Å²) in [6, 6.07) is 6.07. The molecule has 0 aliphatic carbocycles. The first-order valence-electron chi connectivity index (χ1n) is 9.75. The maximum Gasteiger partial charge on any atom is 0.490 e. The van der Waals surface area contributed by atoms with Crippen molar-refractivity contribution < 1.29 is 41.0 Å². The number of benzene rings is 1. The van der Waals surface area contributed by atoms with E-state index >= 15 is 0 Å². The highest BCUT2D eigenvalue weighted by Crippen LogP contribution is 2.21. The minimum Gasteiger partial charge on any atom is -0.497 e. The SMILES string of the molecule is COc1ccc(S(=O)(=O)N(CCC(=O)N2CCNCC2)C(C)C)cc1.O=C(O)C(F)(F)F. The van der Waals surface area contributed by atoms with Gasteiger partial charge in [0.1, 0.15) is 5.75 Å². The summed E-state index contributed by atoms with van der Waals surface area (Å²) in [5.41, 5.74) is 0. The van der Waals surface area contributed by atoms with Gasteiger partial charge in [-0.1, -0.05) is 0 Å². The monoisotopic (exact) mass is 483 g/mol. The lowest BCUT2D eigenvalue weighted by molar-refractivity contribution is -0.192. The number of carbonyl (C=O) groups is 2. The zero-order chi connectivity index (χ0) is 24.5. The summed E-state index contributed by atoms with van der Waals surface area (Å²) in [6.45, 7) is 6.71. The number of aliphatic carboxylic acids is 1. The smallest absolute Gasteiger partial charge is 0.490 e. The number of ether oxygens (including phenoxy) is 1. The number of carboxylic acids is 1. The van der Waals surface area contributed by atoms with Crippen molar-refractivity contribution in [1.29, 1.82) is 0 Å². The van der Waals surface area contributed by atoms with Crippen LogP contribution in [0.4, 0.5) is 13.2 Å². The number of sulfonamides is 1. The van der Waals surface area contributed by atoms with E-state index in [1.807, 2.05) is 13.8 Å². The van der Waals surface area contributed by atoms with E-state index in [4.69, 9.17) is 14.6 Å². The van der Waals surface area contributed by atoms with Crippen molar-refractivity contribution in [3.8, 4) is 5.75 Å². The summed E-state index contributed by atoms with van der Waals surface area (Å²) >= 11 is 0. The number of nitrogens with one attached hydrogen (secondary N) is 1. The Morgan fingerprint density at radius 3 is 2.09 bits per heavy atom. The molecule has 0 spiro atoms. The Kier molecular flexibility index (Phi) is 10.4. The third kappa shape index (κ3) is 8.28. The molecule has 1 aliphatic rings. The molecule has 182 valence electrons. The van der Waals surface area contributed by atoms with Crippen LogP contribution in [0.15, 0.2) is 29.2 Å². The molecule has 0 atom stereocenters. The molecule has 0 unspecified atom stereocenters. The van der Waals surface area contributed by atoms with Crippen molar-refractivity contribution in [2.75, 3.05) is 39.8 Å². The average molecular weight is 484 g/mol. The van der Waals surface area contributed by atoms with Gasteiger partial charge in [0.25, 0.3) is 0 Å². The van der Waals surface area contributed by atoms with Gasteiger partial charge in [-0.25, -0.2) is 13.2 Å². The molecule has 1 aromatic carbocycles. The Bertz CT molecular complexity index is 854. The lowest BCUT2D eigenvalue weighted by Crippen LogP contribution is -2.47. The van der Waals surface area contributed by atoms with E-state index in [9.17, 15) is 26.4 Å². The van der Waals surface area contributed by atoms with Crippen molar-refractivity contribution in [3.05, 3.63) is 24.3 Å². The molecule has 13 heteroatoms. The van der Waals surface area contributed by atoms with E-state index in [0.29, 0.717) is 18.8 Å². The van der Waals surface area contributed by atoms with Gasteiger partial charge in [0.05, 0.1) is 12.0 Å². The number of carbonyl (C=O) groups excluding carboxylic acids is 1. The van der Waals surface area contributed by atoms with E-state index in [-0.39, 0.29) is 29.8 Å². The number of halogens is 3. The molecule has 0 bridgehead atoms. The summed E-state index contributed by atoms with van der Waals surface area (Å²) in [4.78, 5) is 23.2. The van der Waals surface area contributed by atoms with Crippen molar-refractivity contribution in [2.45, 2.75) is 37.4 Å². The van der Waals surface area contributed by atoms with Crippen LogP contribution in [0.2, 0.25) is 0 Å². The Balaban J connectivity index is 0.000000633. The van der Waals surface area contributed by atoms with E-state index in [1.54, 1.807) is 17.0 Å². The summed E-state index contributed by atoms with van der Waals surface area (Å²) in [5.74, 6) is -2.16. The van der Waals surface area contributed by atoms with Gasteiger partial charge in [-0.2, -0.15) is 17.5 Å². The van der Waals surface area contributed by atoms with Gasteiger partial charge in [0.2, 0.25) is 15.9 Å². The number of methoxy groups -OCH3 is 1. The number of alkyl halides is 3. The van der Waals surface area contributed by atoms with Crippen LogP contribution in [0.1, 0.15) is 20.3 Å². The molecule has 0 radical (unpaired) electrons. The van der Waals surface area contributed by atoms with Gasteiger partial charge in [-0.05, 0) is 38.1 Å². The number of nitrogens with zero attached hydrogens (tertiary/aromatic N) is 2. The minimum absolute atomic E-state index is 0.00270. The standard InChI is InChI=1S/C17H27N3O4S.C2HF3O2/c1-14(2)20(11-8-17(21)19-12-9-18-10-13-19)25(22,23)16-6-4-15(24-3)5-7-16;3-2(4,5)1(6)7/h4-7,14,18H,8-13H2,1-3H3;(H,6,7). The molecular weight excluding hydrogens is 455 g/mol. The first-order valence-corrected chi connectivity index (χ1v) is 11.2. The first kappa shape index (κ1) is 27.7. The summed E-state index contributed by atoms with van der Waals surface area (Å²) in [5, 5.41) is 10.3. The fourth-order valence-corrected chi connectivity index (χ4v) is 4.45. The first-order chi connectivity index (χ1) is 14.8. The Hall–Kier alpha value is -2.38. The summed E-state index contributed by atoms with van der Waals surface area (Å²) in [7, 11) is -2.12. The molecule has 1 amide bonds. The van der Waals surface area contributed by atoms with Gasteiger partial charge in [0, 0.05) is 45.2 Å². The fraction of sp³-hybridized carbons (Fsp3) is 0.579. The predicted molar refractivity (Wildman–Crippen MR) is 110 cm³/mol. The second-order valence-corrected chi connectivity index (χ2v) is 8.96. The Morgan fingerprint density at radius 1 is 1.19 bits per heavy atom. The molecule has 0 saturated carbocycles. The fourth-order valence-electron chi connectivity index (χ4n) is 2.82. The third-order valence-corrected chi connectivity index (χ3v) is 6.59. The van der Waals surface area contributed by atoms with Crippen molar-refractivity contribution in [3.63, 3.8) is 0 Å². The molecule has 1 fully saturated rings. The minimum atomic E-state index is -5.08. The van der Waals surface area contributed by atoms with Crippen LogP contribution < -0.4 is 10.1 Å². The number of hydrogen-bond acceptors (Lipinski definition) is 6. The van der Waals surface area contributed by atoms with Gasteiger partial charge in [-0.15, -0.1) is 0 Å². The van der Waals surface area contributed by atoms with Crippen LogP contribution in [0.3, 0.4) is 0 Å². The molecule has 1 heterocycles. The summed E-state index contributed by atoms with van der Waals surface area (Å²) in [6.07, 6.45) is -4.90. The molecule has 2 rings (SSSR count). The molecule has 2 N–H and O–H groups in total. The second-order valence-electron chi connectivity index (χ2n) is 7.07. The van der Waals surface area contributed by atoms with Gasteiger partial charge in [0.15, 0.2) is 0 Å². The Labute approximate surface area is 185 Å². The molecule has 1 saturated heterocycles. The summed E-state index contributed by atoms with van der Waals surface area (Å²) < 4.78 is 64.0. The van der Waals surface area contributed by atoms with Crippen molar-refractivity contribution in [2.24, 2.45) is 0 Å². The highest BCUT2D eigenvalue weighted by Gasteiger charge is 2.38. The third-order valence-electron chi connectivity index (χ3n) is 4.50. The van der Waals surface area contributed by atoms with E-state index in [1.165, 1.54) is 23.5 Å². The van der Waals surface area contributed by atoms with Crippen LogP contribution in [-0.4, -0.2) is 86.7 Å². The number of amides is 1. The maximum absolute atomic E-state index is 12.9. The normalized spacial score (nSPS) is 14.7. The van der Waals surface area contributed by atoms with E-state index in [0.717, 1.165) is 13.1 Å². The predicted octanol–water partition coefficient (Wildman–Crippen LogP) is 1.55. The zero-order valence-corrected chi connectivity index (χ0v) is 18.9. The number of piperazine rings is 1. The lowest BCUT2D eigenvalue weighted by atomic mass is 10.3. The molecular formula is C19H28F3N3O6S. The Morgan fingerprint density at radius 2 is 1.69 bits per heavy atom. The number of carboxylic acid groups (broad SMARTS) is 1. The molecule has 9 nitrogen and oxygen atoms in total. The van der Waals surface area contributed by atoms with Crippen LogP contribution >= 0.6 is 0 Å². The van der Waals surface area contributed by atoms with Gasteiger partial charge >= 0.3 is 12.1 Å². The second kappa shape index (κ2) is 12.0. The van der Waals surface area contributed by atoms with Crippen LogP contribution in [-0.2, 0) is 19.6 Å². The lowest BCUT2D eigenvalue weighted by Gasteiger charge is -2.30. The van der Waals surface area contributed by atoms with Crippen molar-refractivity contribution >= 4 is 21.9 Å². The van der Waals surface area contributed by atoms with E-state index in [2.05, 4.69) is 5.32 Å². The topological polar surface area (TPSA) is 116 Å². The molecule has 1 aliphatic heterocycles. The largest absolute Gasteiger partial charge is 0.497 e. The highest BCUT2D eigenvalue weighted by molar-refractivity contribution is 7.89. The number of rotatable bonds is 7. The average Bonchev–Trinajstić information content (AvgIpc) is 2.73. The molecule has 32 heavy (non-hydrogen) atoms. The molecule has 1 aromatic rings. The van der Waals surface area contributed by atoms with Crippen LogP contribution in [0.25, 0.3) is 0 Å². The maximum atomic E-state index is 12.9. The quantitative estimate of drug-likeness (QED) is 0.605. The highest BCUT2D eigenvalue weighted by atomic mass is 32.2. The van der Waals surface area contributed by atoms with E-state index < -0.39 is 22.2 Å². The van der Waals surface area contributed by atoms with Crippen LogP contribution in [0.5, 0.6) is 5.75 Å².